The summed E-state index contributed by atoms with van der Waals surface area (Å²) < 4.78 is 0. The summed E-state index contributed by atoms with van der Waals surface area (Å²) in [4.78, 5) is 29.0. The number of pyridine rings is 1. The average molecular weight is 428 g/mol. The van der Waals surface area contributed by atoms with Crippen LogP contribution < -0.4 is 16.0 Å². The van der Waals surface area contributed by atoms with Crippen molar-refractivity contribution in [2.45, 2.75) is 30.3 Å². The predicted molar refractivity (Wildman–Crippen MR) is 120 cm³/mol. The molecule has 2 bridgehead atoms. The van der Waals surface area contributed by atoms with Gasteiger partial charge in [0.1, 0.15) is 5.75 Å². The summed E-state index contributed by atoms with van der Waals surface area (Å²) in [5.74, 6) is -0.622. The Morgan fingerprint density at radius 3 is 2.47 bits per heavy atom. The van der Waals surface area contributed by atoms with Gasteiger partial charge in [-0.3, -0.25) is 9.59 Å². The van der Waals surface area contributed by atoms with Gasteiger partial charge in [-0.05, 0) is 48.2 Å². The summed E-state index contributed by atoms with van der Waals surface area (Å²) in [6.45, 7) is 1.24. The van der Waals surface area contributed by atoms with Gasteiger partial charge in [-0.25, -0.2) is 4.98 Å². The molecule has 3 aromatic rings. The molecule has 1 aliphatic carbocycles. The molecule has 2 aliphatic heterocycles. The lowest BCUT2D eigenvalue weighted by molar-refractivity contribution is -0.130. The van der Waals surface area contributed by atoms with Crippen LogP contribution in [0.15, 0.2) is 72.9 Å². The van der Waals surface area contributed by atoms with Crippen molar-refractivity contribution < 1.29 is 14.7 Å². The highest BCUT2D eigenvalue weighted by atomic mass is 16.3. The van der Waals surface area contributed by atoms with Crippen molar-refractivity contribution in [2.24, 2.45) is 0 Å². The van der Waals surface area contributed by atoms with E-state index in [0.717, 1.165) is 24.9 Å². The standard InChI is InChI=1S/C25H24N4O3/c30-20-7-4-12-26-21(20)22(31)29-19-10-8-17(9-11-19)13-27-23(32)25-14-24(15-25,16-28-25)18-5-2-1-3-6-18/h1-12,28,30H,13-16H2,(H,27,32)(H,29,31). The second-order valence-electron chi connectivity index (χ2n) is 8.64. The largest absolute Gasteiger partial charge is 0.505 e. The van der Waals surface area contributed by atoms with E-state index in [9.17, 15) is 14.7 Å². The second kappa shape index (κ2) is 7.76. The van der Waals surface area contributed by atoms with Crippen molar-refractivity contribution in [2.75, 3.05) is 11.9 Å². The Hall–Kier alpha value is -3.71. The third-order valence-electron chi connectivity index (χ3n) is 6.53. The van der Waals surface area contributed by atoms with Crippen LogP contribution in [0.1, 0.15) is 34.5 Å². The fourth-order valence-electron chi connectivity index (χ4n) is 4.85. The van der Waals surface area contributed by atoms with E-state index < -0.39 is 11.4 Å². The molecule has 7 nitrogen and oxygen atoms in total. The molecule has 4 N–H and O–H groups in total. The zero-order valence-electron chi connectivity index (χ0n) is 17.5. The van der Waals surface area contributed by atoms with E-state index in [1.165, 1.54) is 17.8 Å². The first-order chi connectivity index (χ1) is 15.5. The molecule has 0 unspecified atom stereocenters. The smallest absolute Gasteiger partial charge is 0.278 e. The van der Waals surface area contributed by atoms with Crippen molar-refractivity contribution in [1.82, 2.24) is 15.6 Å². The van der Waals surface area contributed by atoms with E-state index in [1.54, 1.807) is 18.2 Å². The van der Waals surface area contributed by atoms with Crippen LogP contribution in [0.2, 0.25) is 0 Å². The quantitative estimate of drug-likeness (QED) is 0.483. The fraction of sp³-hybridized carbons (Fsp3) is 0.240. The van der Waals surface area contributed by atoms with Crippen LogP contribution in [-0.4, -0.2) is 34.0 Å². The lowest BCUT2D eigenvalue weighted by Gasteiger charge is -2.45. The number of hydrogen-bond acceptors (Lipinski definition) is 5. The van der Waals surface area contributed by atoms with Crippen molar-refractivity contribution in [1.29, 1.82) is 0 Å². The molecule has 6 rings (SSSR count). The topological polar surface area (TPSA) is 103 Å². The molecule has 3 fully saturated rings. The van der Waals surface area contributed by atoms with Gasteiger partial charge in [0, 0.05) is 30.4 Å². The molecule has 162 valence electrons. The molecular weight excluding hydrogens is 404 g/mol. The van der Waals surface area contributed by atoms with Gasteiger partial charge in [0.15, 0.2) is 5.69 Å². The third-order valence-corrected chi connectivity index (χ3v) is 6.53. The number of benzene rings is 2. The van der Waals surface area contributed by atoms with Crippen LogP contribution >= 0.6 is 0 Å². The summed E-state index contributed by atoms with van der Waals surface area (Å²) in [5.41, 5.74) is 2.37. The summed E-state index contributed by atoms with van der Waals surface area (Å²) in [6.07, 6.45) is 3.09. The number of carbonyl (C=O) groups excluding carboxylic acids is 2. The number of hydrogen-bond donors (Lipinski definition) is 4. The van der Waals surface area contributed by atoms with Gasteiger partial charge < -0.3 is 21.1 Å². The first-order valence-electron chi connectivity index (χ1n) is 10.6. The Bertz CT molecular complexity index is 1160. The Morgan fingerprint density at radius 1 is 1.00 bits per heavy atom. The van der Waals surface area contributed by atoms with Gasteiger partial charge in [-0.2, -0.15) is 0 Å². The average Bonchev–Trinajstić information content (AvgIpc) is 3.38. The number of rotatable bonds is 6. The van der Waals surface area contributed by atoms with Gasteiger partial charge in [0.25, 0.3) is 5.91 Å². The monoisotopic (exact) mass is 428 g/mol. The van der Waals surface area contributed by atoms with E-state index >= 15 is 0 Å². The van der Waals surface area contributed by atoms with E-state index in [1.807, 2.05) is 30.3 Å². The maximum atomic E-state index is 12.9. The molecule has 0 spiro atoms. The minimum Gasteiger partial charge on any atom is -0.505 e. The minimum absolute atomic E-state index is 0.0285. The zero-order valence-corrected chi connectivity index (χ0v) is 17.5. The van der Waals surface area contributed by atoms with Gasteiger partial charge in [0.2, 0.25) is 5.91 Å². The number of anilines is 1. The molecular formula is C25H24N4O3. The highest BCUT2D eigenvalue weighted by Gasteiger charge is 2.64. The van der Waals surface area contributed by atoms with Gasteiger partial charge in [-0.1, -0.05) is 42.5 Å². The molecule has 3 aliphatic rings. The number of aromatic nitrogens is 1. The van der Waals surface area contributed by atoms with Gasteiger partial charge >= 0.3 is 0 Å². The Balaban J connectivity index is 1.16. The van der Waals surface area contributed by atoms with E-state index in [2.05, 4.69) is 33.1 Å². The van der Waals surface area contributed by atoms with Gasteiger partial charge in [0.05, 0.1) is 5.54 Å². The predicted octanol–water partition coefficient (Wildman–Crippen LogP) is 2.73. The van der Waals surface area contributed by atoms with Crippen molar-refractivity contribution in [3.63, 3.8) is 0 Å². The molecule has 2 aromatic carbocycles. The number of fused-ring (bicyclic) bond motifs is 1. The number of carbonyl (C=O) groups is 2. The summed E-state index contributed by atoms with van der Waals surface area (Å²) in [6, 6.07) is 20.6. The molecule has 0 radical (unpaired) electrons. The summed E-state index contributed by atoms with van der Waals surface area (Å²) in [5, 5.41) is 19.0. The normalized spacial score (nSPS) is 23.2. The summed E-state index contributed by atoms with van der Waals surface area (Å²) >= 11 is 0. The molecule has 2 saturated heterocycles. The van der Waals surface area contributed by atoms with Crippen LogP contribution in [0.4, 0.5) is 5.69 Å². The number of nitrogens with zero attached hydrogens (tertiary/aromatic N) is 1. The van der Waals surface area contributed by atoms with Crippen LogP contribution in [-0.2, 0) is 16.8 Å². The summed E-state index contributed by atoms with van der Waals surface area (Å²) in [7, 11) is 0. The maximum Gasteiger partial charge on any atom is 0.278 e. The first-order valence-corrected chi connectivity index (χ1v) is 10.6. The van der Waals surface area contributed by atoms with Crippen LogP contribution in [0, 0.1) is 0 Å². The molecule has 2 amide bonds. The molecule has 1 aromatic heterocycles. The second-order valence-corrected chi connectivity index (χ2v) is 8.64. The fourth-order valence-corrected chi connectivity index (χ4v) is 4.85. The molecule has 7 heteroatoms. The van der Waals surface area contributed by atoms with E-state index in [4.69, 9.17) is 0 Å². The van der Waals surface area contributed by atoms with Crippen molar-refractivity contribution in [3.05, 3.63) is 89.7 Å². The maximum absolute atomic E-state index is 12.9. The van der Waals surface area contributed by atoms with Crippen molar-refractivity contribution in [3.8, 4) is 5.75 Å². The van der Waals surface area contributed by atoms with Crippen molar-refractivity contribution >= 4 is 17.5 Å². The van der Waals surface area contributed by atoms with Crippen LogP contribution in [0.5, 0.6) is 5.75 Å². The number of nitrogens with one attached hydrogen (secondary N) is 3. The van der Waals surface area contributed by atoms with E-state index in [0.29, 0.717) is 12.2 Å². The molecule has 32 heavy (non-hydrogen) atoms. The van der Waals surface area contributed by atoms with E-state index in [-0.39, 0.29) is 22.8 Å². The lowest BCUT2D eigenvalue weighted by atomic mass is 9.58. The first kappa shape index (κ1) is 20.2. The third kappa shape index (κ3) is 3.50. The number of amides is 2. The minimum atomic E-state index is -0.484. The highest BCUT2D eigenvalue weighted by Crippen LogP contribution is 2.55. The van der Waals surface area contributed by atoms with Crippen LogP contribution in [0.3, 0.4) is 0 Å². The Labute approximate surface area is 185 Å². The molecule has 3 heterocycles. The zero-order chi connectivity index (χ0) is 22.2. The SMILES string of the molecule is O=C(Nc1ccc(CNC(=O)C23CC(c4ccccc4)(CN2)C3)cc1)c1ncccc1O. The molecule has 0 atom stereocenters. The Kier molecular flexibility index (Phi) is 4.90. The Morgan fingerprint density at radius 2 is 1.75 bits per heavy atom. The highest BCUT2D eigenvalue weighted by molar-refractivity contribution is 6.04. The van der Waals surface area contributed by atoms with Gasteiger partial charge in [-0.15, -0.1) is 0 Å². The number of aromatic hydroxyl groups is 1. The lowest BCUT2D eigenvalue weighted by Crippen LogP contribution is -2.59. The van der Waals surface area contributed by atoms with Crippen LogP contribution in [0.25, 0.3) is 0 Å². The molecule has 1 saturated carbocycles.